The van der Waals surface area contributed by atoms with Gasteiger partial charge in [-0.05, 0) is 59.5 Å². The number of anilines is 1. The quantitative estimate of drug-likeness (QED) is 0.380. The summed E-state index contributed by atoms with van der Waals surface area (Å²) >= 11 is 12.2. The highest BCUT2D eigenvalue weighted by molar-refractivity contribution is 6.31. The normalized spacial score (nSPS) is 15.2. The number of amides is 1. The number of benzene rings is 3. The van der Waals surface area contributed by atoms with E-state index in [1.807, 2.05) is 36.4 Å². The standard InChI is InChI=1S/C27H24Cl2N6O2/c1-2-17-5-3-4-6-22(17)23-15-34(31-25(23)18-7-9-19(28)10-8-18)26-32-35(21-13-11-20(29)12-14-21)27(37)33(26)16-24(30)36/h3-14,23H,2,15-16H2,1H3,(H2,30,36). The zero-order valence-electron chi connectivity index (χ0n) is 20.0. The van der Waals surface area contributed by atoms with Crippen LogP contribution in [0.25, 0.3) is 5.69 Å². The van der Waals surface area contributed by atoms with Crippen molar-refractivity contribution in [1.29, 1.82) is 0 Å². The first-order chi connectivity index (χ1) is 17.9. The molecule has 5 rings (SSSR count). The Hall–Kier alpha value is -3.88. The Morgan fingerprint density at radius 3 is 2.30 bits per heavy atom. The second-order valence-electron chi connectivity index (χ2n) is 8.70. The predicted molar refractivity (Wildman–Crippen MR) is 146 cm³/mol. The molecule has 1 unspecified atom stereocenters. The minimum Gasteiger partial charge on any atom is -0.368 e. The number of hydrazone groups is 1. The van der Waals surface area contributed by atoms with Crippen molar-refractivity contribution < 1.29 is 4.79 Å². The molecule has 1 aliphatic rings. The maximum absolute atomic E-state index is 13.3. The Morgan fingerprint density at radius 1 is 1.00 bits per heavy atom. The molecule has 0 aliphatic carbocycles. The van der Waals surface area contributed by atoms with E-state index in [4.69, 9.17) is 34.0 Å². The van der Waals surface area contributed by atoms with Crippen molar-refractivity contribution in [3.63, 3.8) is 0 Å². The Labute approximate surface area is 223 Å². The smallest absolute Gasteiger partial charge is 0.352 e. The van der Waals surface area contributed by atoms with Crippen molar-refractivity contribution in [1.82, 2.24) is 14.3 Å². The average molecular weight is 535 g/mol. The second-order valence-corrected chi connectivity index (χ2v) is 9.58. The number of nitrogens with two attached hydrogens (primary N) is 1. The minimum atomic E-state index is -0.659. The molecule has 1 amide bonds. The number of hydrogen-bond donors (Lipinski definition) is 1. The van der Waals surface area contributed by atoms with Crippen LogP contribution in [0.15, 0.2) is 82.7 Å². The van der Waals surface area contributed by atoms with E-state index in [2.05, 4.69) is 24.2 Å². The molecule has 4 aromatic rings. The first kappa shape index (κ1) is 24.8. The molecule has 10 heteroatoms. The summed E-state index contributed by atoms with van der Waals surface area (Å²) in [4.78, 5) is 25.2. The number of halogens is 2. The van der Waals surface area contributed by atoms with Crippen LogP contribution in [0.3, 0.4) is 0 Å². The van der Waals surface area contributed by atoms with E-state index in [9.17, 15) is 9.59 Å². The van der Waals surface area contributed by atoms with E-state index in [1.165, 1.54) is 14.8 Å². The van der Waals surface area contributed by atoms with Crippen molar-refractivity contribution in [2.75, 3.05) is 11.6 Å². The van der Waals surface area contributed by atoms with Gasteiger partial charge in [-0.1, -0.05) is 66.5 Å². The fourth-order valence-corrected chi connectivity index (χ4v) is 4.82. The van der Waals surface area contributed by atoms with Crippen LogP contribution in [0.2, 0.25) is 10.0 Å². The molecule has 1 aliphatic heterocycles. The summed E-state index contributed by atoms with van der Waals surface area (Å²) in [6.45, 7) is 2.20. The monoisotopic (exact) mass is 534 g/mol. The third kappa shape index (κ3) is 4.90. The molecule has 0 saturated carbocycles. The zero-order chi connectivity index (χ0) is 26.1. The SMILES string of the molecule is CCc1ccccc1C1CN(c2nn(-c3ccc(Cl)cc3)c(=O)n2CC(N)=O)N=C1c1ccc(Cl)cc1. The number of primary amides is 1. The van der Waals surface area contributed by atoms with Crippen molar-refractivity contribution in [2.45, 2.75) is 25.8 Å². The summed E-state index contributed by atoms with van der Waals surface area (Å²) in [6.07, 6.45) is 0.859. The highest BCUT2D eigenvalue weighted by Crippen LogP contribution is 2.33. The predicted octanol–water partition coefficient (Wildman–Crippen LogP) is 4.40. The lowest BCUT2D eigenvalue weighted by molar-refractivity contribution is -0.118. The number of aromatic nitrogens is 3. The Bertz CT molecular complexity index is 1540. The van der Waals surface area contributed by atoms with Crippen LogP contribution in [0.5, 0.6) is 0 Å². The van der Waals surface area contributed by atoms with Gasteiger partial charge in [0.2, 0.25) is 11.9 Å². The molecule has 0 fully saturated rings. The molecule has 8 nitrogen and oxygen atoms in total. The summed E-state index contributed by atoms with van der Waals surface area (Å²) in [5.41, 5.74) is 9.57. The van der Waals surface area contributed by atoms with E-state index in [0.29, 0.717) is 22.3 Å². The number of nitrogens with zero attached hydrogens (tertiary/aromatic N) is 5. The van der Waals surface area contributed by atoms with Crippen LogP contribution in [0.1, 0.15) is 29.5 Å². The van der Waals surface area contributed by atoms with Gasteiger partial charge in [-0.2, -0.15) is 9.78 Å². The molecule has 0 radical (unpaired) electrons. The third-order valence-electron chi connectivity index (χ3n) is 6.32. The lowest BCUT2D eigenvalue weighted by atomic mass is 9.87. The number of carbonyl (C=O) groups excluding carboxylic acids is 1. The molecule has 1 aromatic heterocycles. The second kappa shape index (κ2) is 10.2. The first-order valence-corrected chi connectivity index (χ1v) is 12.5. The molecule has 1 atom stereocenters. The van der Waals surface area contributed by atoms with Crippen LogP contribution in [0, 0.1) is 0 Å². The fraction of sp³-hybridized carbons (Fsp3) is 0.185. The molecule has 2 heterocycles. The van der Waals surface area contributed by atoms with E-state index < -0.39 is 11.6 Å². The summed E-state index contributed by atoms with van der Waals surface area (Å²) in [7, 11) is 0. The van der Waals surface area contributed by atoms with Crippen LogP contribution >= 0.6 is 23.2 Å². The molecule has 3 aromatic carbocycles. The lowest BCUT2D eigenvalue weighted by Gasteiger charge is -2.18. The topological polar surface area (TPSA) is 98.5 Å². The van der Waals surface area contributed by atoms with Gasteiger partial charge in [-0.15, -0.1) is 5.10 Å². The van der Waals surface area contributed by atoms with Gasteiger partial charge in [0.05, 0.1) is 17.9 Å². The molecule has 0 saturated heterocycles. The Morgan fingerprint density at radius 2 is 1.65 bits per heavy atom. The Kier molecular flexibility index (Phi) is 6.86. The third-order valence-corrected chi connectivity index (χ3v) is 6.83. The van der Waals surface area contributed by atoms with E-state index in [0.717, 1.165) is 23.3 Å². The van der Waals surface area contributed by atoms with E-state index >= 15 is 0 Å². The number of aryl methyl sites for hydroxylation is 1. The molecule has 0 spiro atoms. The van der Waals surface area contributed by atoms with Crippen LogP contribution in [-0.2, 0) is 17.8 Å². The molecular weight excluding hydrogens is 511 g/mol. The number of rotatable bonds is 7. The molecule has 37 heavy (non-hydrogen) atoms. The van der Waals surface area contributed by atoms with Gasteiger partial charge in [0.1, 0.15) is 6.54 Å². The average Bonchev–Trinajstić information content (AvgIpc) is 3.46. The number of hydrogen-bond acceptors (Lipinski definition) is 5. The largest absolute Gasteiger partial charge is 0.368 e. The van der Waals surface area contributed by atoms with Gasteiger partial charge < -0.3 is 5.73 Å². The highest BCUT2D eigenvalue weighted by Gasteiger charge is 2.34. The minimum absolute atomic E-state index is 0.102. The van der Waals surface area contributed by atoms with Crippen molar-refractivity contribution in [3.8, 4) is 5.69 Å². The molecule has 0 bridgehead atoms. The van der Waals surface area contributed by atoms with E-state index in [-0.39, 0.29) is 18.4 Å². The van der Waals surface area contributed by atoms with Gasteiger partial charge >= 0.3 is 5.69 Å². The number of carbonyl (C=O) groups is 1. The molecule has 2 N–H and O–H groups in total. The van der Waals surface area contributed by atoms with Gasteiger partial charge in [0.15, 0.2) is 0 Å². The van der Waals surface area contributed by atoms with Crippen molar-refractivity contribution in [2.24, 2.45) is 10.8 Å². The fourth-order valence-electron chi connectivity index (χ4n) is 4.57. The maximum Gasteiger partial charge on any atom is 0.352 e. The maximum atomic E-state index is 13.3. The zero-order valence-corrected chi connectivity index (χ0v) is 21.5. The Balaban J connectivity index is 1.65. The van der Waals surface area contributed by atoms with Crippen LogP contribution in [-0.4, -0.2) is 32.5 Å². The van der Waals surface area contributed by atoms with Crippen molar-refractivity contribution in [3.05, 3.63) is 110 Å². The van der Waals surface area contributed by atoms with Gasteiger partial charge in [-0.3, -0.25) is 4.79 Å². The molecule has 188 valence electrons. The summed E-state index contributed by atoms with van der Waals surface area (Å²) in [5, 5.41) is 12.3. The van der Waals surface area contributed by atoms with Crippen molar-refractivity contribution >= 4 is 40.8 Å². The summed E-state index contributed by atoms with van der Waals surface area (Å²) < 4.78 is 2.47. The van der Waals surface area contributed by atoms with Crippen LogP contribution in [0.4, 0.5) is 5.95 Å². The molecular formula is C27H24Cl2N6O2. The van der Waals surface area contributed by atoms with Gasteiger partial charge in [0, 0.05) is 16.0 Å². The van der Waals surface area contributed by atoms with Gasteiger partial charge in [0.25, 0.3) is 0 Å². The summed E-state index contributed by atoms with van der Waals surface area (Å²) in [5.74, 6) is -0.537. The van der Waals surface area contributed by atoms with Crippen LogP contribution < -0.4 is 16.4 Å². The lowest BCUT2D eigenvalue weighted by Crippen LogP contribution is -2.31. The van der Waals surface area contributed by atoms with E-state index in [1.54, 1.807) is 29.3 Å². The first-order valence-electron chi connectivity index (χ1n) is 11.8. The highest BCUT2D eigenvalue weighted by atomic mass is 35.5. The summed E-state index contributed by atoms with van der Waals surface area (Å²) in [6, 6.07) is 22.4. The van der Waals surface area contributed by atoms with Gasteiger partial charge in [-0.25, -0.2) is 14.4 Å².